The van der Waals surface area contributed by atoms with Gasteiger partial charge in [0.15, 0.2) is 5.82 Å². The first-order valence-electron chi connectivity index (χ1n) is 6.75. The van der Waals surface area contributed by atoms with Crippen molar-refractivity contribution in [3.8, 4) is 11.5 Å². The van der Waals surface area contributed by atoms with Gasteiger partial charge in [-0.2, -0.15) is 5.10 Å². The molecule has 0 aliphatic rings. The van der Waals surface area contributed by atoms with Crippen LogP contribution in [0.15, 0.2) is 37.0 Å². The lowest BCUT2D eigenvalue weighted by Crippen LogP contribution is -2.29. The zero-order valence-corrected chi connectivity index (χ0v) is 12.9. The van der Waals surface area contributed by atoms with E-state index in [0.717, 1.165) is 4.90 Å². The number of carbonyl (C=O) groups is 1. The highest BCUT2D eigenvalue weighted by Crippen LogP contribution is 2.27. The van der Waals surface area contributed by atoms with Gasteiger partial charge < -0.3 is 14.6 Å². The zero-order chi connectivity index (χ0) is 16.8. The molecule has 0 fully saturated rings. The first kappa shape index (κ1) is 16.3. The predicted octanol–water partition coefficient (Wildman–Crippen LogP) is 2.82. The maximum absolute atomic E-state index is 11.6. The summed E-state index contributed by atoms with van der Waals surface area (Å²) in [6.07, 6.45) is 1.94. The summed E-state index contributed by atoms with van der Waals surface area (Å²) in [4.78, 5) is 12.7. The van der Waals surface area contributed by atoms with E-state index in [4.69, 9.17) is 9.47 Å². The van der Waals surface area contributed by atoms with Crippen LogP contribution in [0.1, 0.15) is 11.1 Å². The first-order chi connectivity index (χ1) is 11.1. The lowest BCUT2D eigenvalue weighted by atomic mass is 10.1. The molecule has 1 aromatic carbocycles. The van der Waals surface area contributed by atoms with Crippen molar-refractivity contribution in [3.05, 3.63) is 48.2 Å². The van der Waals surface area contributed by atoms with Crippen LogP contribution in [0.25, 0.3) is 6.08 Å². The highest BCUT2D eigenvalue weighted by atomic mass is 16.5. The molecule has 1 amide bonds. The van der Waals surface area contributed by atoms with Crippen molar-refractivity contribution in [1.82, 2.24) is 10.2 Å². The summed E-state index contributed by atoms with van der Waals surface area (Å²) >= 11 is 0. The van der Waals surface area contributed by atoms with Crippen LogP contribution < -0.4 is 14.4 Å². The van der Waals surface area contributed by atoms with Crippen LogP contribution in [0.3, 0.4) is 0 Å². The van der Waals surface area contributed by atoms with Crippen molar-refractivity contribution in [2.24, 2.45) is 0 Å². The number of benzene rings is 1. The van der Waals surface area contributed by atoms with Gasteiger partial charge in [0, 0.05) is 11.6 Å². The second kappa shape index (κ2) is 7.26. The Morgan fingerprint density at radius 2 is 2.13 bits per heavy atom. The van der Waals surface area contributed by atoms with Crippen LogP contribution in [0.4, 0.5) is 10.6 Å². The summed E-state index contributed by atoms with van der Waals surface area (Å²) in [5.74, 6) is 1.37. The number of ether oxygens (including phenoxy) is 2. The molecule has 2 rings (SSSR count). The molecule has 0 bridgehead atoms. The molecule has 1 heterocycles. The molecule has 120 valence electrons. The maximum atomic E-state index is 11.6. The molecule has 1 aromatic heterocycles. The Kier molecular flexibility index (Phi) is 5.14. The van der Waals surface area contributed by atoms with E-state index < -0.39 is 6.09 Å². The normalized spacial score (nSPS) is 10.0. The monoisotopic (exact) mass is 315 g/mol. The number of amides is 1. The Bertz CT molecular complexity index is 718. The molecule has 2 aromatic rings. The van der Waals surface area contributed by atoms with E-state index in [1.807, 2.05) is 0 Å². The summed E-state index contributed by atoms with van der Waals surface area (Å²) in [7, 11) is 3.07. The number of carboxylic acid groups (broad SMARTS) is 1. The molecule has 1 N–H and O–H groups in total. The topological polar surface area (TPSA) is 84.8 Å². The maximum Gasteiger partial charge on any atom is 0.413 e. The van der Waals surface area contributed by atoms with E-state index in [-0.39, 0.29) is 12.4 Å². The van der Waals surface area contributed by atoms with E-state index in [9.17, 15) is 9.90 Å². The average molecular weight is 315 g/mol. The standard InChI is InChI=1S/C16H17N3O4/c1-4-11-7-15(18-17-9-11)19(16(20)21)10-12-5-6-13(22-2)8-14(12)23-3/h4-9H,1,10H2,2-3H3,(H,20,21). The zero-order valence-electron chi connectivity index (χ0n) is 12.9. The van der Waals surface area contributed by atoms with E-state index >= 15 is 0 Å². The molecule has 0 unspecified atom stereocenters. The Morgan fingerprint density at radius 1 is 1.35 bits per heavy atom. The van der Waals surface area contributed by atoms with Crippen molar-refractivity contribution in [1.29, 1.82) is 0 Å². The van der Waals surface area contributed by atoms with Crippen LogP contribution in [0.2, 0.25) is 0 Å². The lowest BCUT2D eigenvalue weighted by Gasteiger charge is -2.19. The fraction of sp³-hybridized carbons (Fsp3) is 0.188. The highest BCUT2D eigenvalue weighted by Gasteiger charge is 2.19. The van der Waals surface area contributed by atoms with Gasteiger partial charge in [0.05, 0.1) is 27.0 Å². The summed E-state index contributed by atoms with van der Waals surface area (Å²) in [6.45, 7) is 3.71. The van der Waals surface area contributed by atoms with E-state index in [1.54, 1.807) is 37.5 Å². The number of anilines is 1. The summed E-state index contributed by atoms with van der Waals surface area (Å²) in [5, 5.41) is 17.2. The number of hydrogen-bond acceptors (Lipinski definition) is 5. The molecule has 0 aliphatic heterocycles. The largest absolute Gasteiger partial charge is 0.497 e. The number of nitrogens with zero attached hydrogens (tertiary/aromatic N) is 3. The Labute approximate surface area is 133 Å². The molecular weight excluding hydrogens is 298 g/mol. The molecule has 0 atom stereocenters. The van der Waals surface area contributed by atoms with E-state index in [0.29, 0.717) is 22.6 Å². The third-order valence-corrected chi connectivity index (χ3v) is 3.23. The second-order valence-corrected chi connectivity index (χ2v) is 4.60. The third-order valence-electron chi connectivity index (χ3n) is 3.23. The summed E-state index contributed by atoms with van der Waals surface area (Å²) < 4.78 is 10.4. The van der Waals surface area contributed by atoms with Gasteiger partial charge in [0.2, 0.25) is 0 Å². The van der Waals surface area contributed by atoms with Crippen LogP contribution in [0.5, 0.6) is 11.5 Å². The van der Waals surface area contributed by atoms with Crippen LogP contribution >= 0.6 is 0 Å². The molecule has 0 saturated heterocycles. The summed E-state index contributed by atoms with van der Waals surface area (Å²) in [6, 6.07) is 6.79. The number of hydrogen-bond donors (Lipinski definition) is 1. The van der Waals surface area contributed by atoms with Gasteiger partial charge in [-0.05, 0) is 23.8 Å². The van der Waals surface area contributed by atoms with Crippen molar-refractivity contribution in [2.45, 2.75) is 6.54 Å². The molecule has 0 spiro atoms. The van der Waals surface area contributed by atoms with Crippen molar-refractivity contribution < 1.29 is 19.4 Å². The third kappa shape index (κ3) is 3.76. The van der Waals surface area contributed by atoms with Crippen LogP contribution in [-0.2, 0) is 6.54 Å². The molecule has 23 heavy (non-hydrogen) atoms. The van der Waals surface area contributed by atoms with Crippen molar-refractivity contribution in [3.63, 3.8) is 0 Å². The number of rotatable bonds is 6. The van der Waals surface area contributed by atoms with Gasteiger partial charge in [-0.1, -0.05) is 12.7 Å². The van der Waals surface area contributed by atoms with Crippen molar-refractivity contribution >= 4 is 18.0 Å². The van der Waals surface area contributed by atoms with Gasteiger partial charge in [0.25, 0.3) is 0 Å². The van der Waals surface area contributed by atoms with E-state index in [1.165, 1.54) is 13.3 Å². The molecule has 0 aliphatic carbocycles. The lowest BCUT2D eigenvalue weighted by molar-refractivity contribution is 0.201. The minimum absolute atomic E-state index is 0.0672. The van der Waals surface area contributed by atoms with Crippen molar-refractivity contribution in [2.75, 3.05) is 19.1 Å². The van der Waals surface area contributed by atoms with Crippen LogP contribution in [-0.4, -0.2) is 35.6 Å². The van der Waals surface area contributed by atoms with Crippen LogP contribution in [0, 0.1) is 0 Å². The smallest absolute Gasteiger partial charge is 0.413 e. The first-order valence-corrected chi connectivity index (χ1v) is 6.75. The van der Waals surface area contributed by atoms with Gasteiger partial charge >= 0.3 is 6.09 Å². The van der Waals surface area contributed by atoms with Gasteiger partial charge in [0.1, 0.15) is 11.5 Å². The fourth-order valence-corrected chi connectivity index (χ4v) is 2.01. The minimum Gasteiger partial charge on any atom is -0.497 e. The van der Waals surface area contributed by atoms with E-state index in [2.05, 4.69) is 16.8 Å². The molecule has 7 heteroatoms. The minimum atomic E-state index is -1.14. The second-order valence-electron chi connectivity index (χ2n) is 4.60. The quantitative estimate of drug-likeness (QED) is 0.882. The number of aromatic nitrogens is 2. The highest BCUT2D eigenvalue weighted by molar-refractivity contribution is 5.85. The molecule has 0 radical (unpaired) electrons. The predicted molar refractivity (Wildman–Crippen MR) is 85.9 cm³/mol. The SMILES string of the molecule is C=Cc1cnnc(N(Cc2ccc(OC)cc2OC)C(=O)O)c1. The van der Waals surface area contributed by atoms with Gasteiger partial charge in [-0.15, -0.1) is 5.10 Å². The Morgan fingerprint density at radius 3 is 2.74 bits per heavy atom. The molecular formula is C16H17N3O4. The Balaban J connectivity index is 2.36. The Hall–Kier alpha value is -3.09. The fourth-order valence-electron chi connectivity index (χ4n) is 2.01. The van der Waals surface area contributed by atoms with Gasteiger partial charge in [-0.25, -0.2) is 4.79 Å². The average Bonchev–Trinajstić information content (AvgIpc) is 2.59. The number of methoxy groups -OCH3 is 2. The summed E-state index contributed by atoms with van der Waals surface area (Å²) in [5.41, 5.74) is 1.37. The molecule has 7 nitrogen and oxygen atoms in total. The van der Waals surface area contributed by atoms with Gasteiger partial charge in [-0.3, -0.25) is 4.90 Å². The molecule has 0 saturated carbocycles.